The van der Waals surface area contributed by atoms with Crippen LogP contribution in [0.2, 0.25) is 0 Å². The molecule has 3 aromatic carbocycles. The molecule has 1 amide bonds. The lowest BCUT2D eigenvalue weighted by atomic mass is 10.1. The molecule has 10 heteroatoms. The molecule has 0 saturated heterocycles. The van der Waals surface area contributed by atoms with E-state index in [9.17, 15) is 20.2 Å². The van der Waals surface area contributed by atoms with Crippen molar-refractivity contribution in [3.05, 3.63) is 92.0 Å². The van der Waals surface area contributed by atoms with Gasteiger partial charge >= 0.3 is 0 Å². The molecule has 0 aliphatic heterocycles. The van der Waals surface area contributed by atoms with Crippen molar-refractivity contribution in [2.24, 2.45) is 0 Å². The number of carbonyl (C=O) groups excluding carboxylic acids is 1. The predicted molar refractivity (Wildman–Crippen MR) is 138 cm³/mol. The lowest BCUT2D eigenvalue weighted by Crippen LogP contribution is -2.13. The summed E-state index contributed by atoms with van der Waals surface area (Å²) in [4.78, 5) is 23.0. The van der Waals surface area contributed by atoms with Crippen LogP contribution in [-0.2, 0) is 11.4 Å². The summed E-state index contributed by atoms with van der Waals surface area (Å²) in [5, 5.41) is 23.1. The number of hydrogen-bond acceptors (Lipinski definition) is 7. The molecule has 0 atom stereocenters. The molecule has 184 valence electrons. The quantitative estimate of drug-likeness (QED) is 0.144. The van der Waals surface area contributed by atoms with E-state index in [1.807, 2.05) is 13.0 Å². The van der Waals surface area contributed by atoms with Crippen LogP contribution < -0.4 is 19.5 Å². The summed E-state index contributed by atoms with van der Waals surface area (Å²) in [6, 6.07) is 18.1. The van der Waals surface area contributed by atoms with Gasteiger partial charge in [-0.25, -0.2) is 0 Å². The van der Waals surface area contributed by atoms with Crippen LogP contribution in [0.5, 0.6) is 17.2 Å². The monoisotopic (exact) mass is 551 g/mol. The van der Waals surface area contributed by atoms with Gasteiger partial charge in [0.15, 0.2) is 11.5 Å². The molecule has 9 nitrogen and oxygen atoms in total. The van der Waals surface area contributed by atoms with Crippen LogP contribution in [0.15, 0.2) is 70.7 Å². The Labute approximate surface area is 216 Å². The van der Waals surface area contributed by atoms with E-state index in [0.717, 1.165) is 5.56 Å². The first-order valence-electron chi connectivity index (χ1n) is 10.7. The number of nitro groups is 1. The van der Waals surface area contributed by atoms with Crippen molar-refractivity contribution in [2.75, 3.05) is 19.0 Å². The Kier molecular flexibility index (Phi) is 9.02. The van der Waals surface area contributed by atoms with E-state index in [4.69, 9.17) is 14.2 Å². The number of amides is 1. The van der Waals surface area contributed by atoms with E-state index in [1.165, 1.54) is 25.3 Å². The third-order valence-electron chi connectivity index (χ3n) is 4.91. The highest BCUT2D eigenvalue weighted by Crippen LogP contribution is 2.35. The number of nitrogens with zero attached hydrogens (tertiary/aromatic N) is 2. The van der Waals surface area contributed by atoms with Gasteiger partial charge in [-0.15, -0.1) is 0 Å². The van der Waals surface area contributed by atoms with Crippen LogP contribution in [0.3, 0.4) is 0 Å². The fraction of sp³-hybridized carbons (Fsp3) is 0.154. The summed E-state index contributed by atoms with van der Waals surface area (Å²) in [7, 11) is 1.47. The summed E-state index contributed by atoms with van der Waals surface area (Å²) >= 11 is 3.45. The molecular weight excluding hydrogens is 530 g/mol. The van der Waals surface area contributed by atoms with Crippen molar-refractivity contribution in [1.29, 1.82) is 5.26 Å². The number of ether oxygens (including phenoxy) is 3. The van der Waals surface area contributed by atoms with E-state index in [0.29, 0.717) is 39.6 Å². The minimum Gasteiger partial charge on any atom is -0.494 e. The number of nitrogens with one attached hydrogen (secondary N) is 1. The van der Waals surface area contributed by atoms with Gasteiger partial charge in [0.25, 0.3) is 11.6 Å². The molecule has 0 heterocycles. The zero-order valence-corrected chi connectivity index (χ0v) is 21.1. The Morgan fingerprint density at radius 3 is 2.39 bits per heavy atom. The average Bonchev–Trinajstić information content (AvgIpc) is 2.88. The molecule has 1 N–H and O–H groups in total. The number of hydrogen-bond donors (Lipinski definition) is 1. The first kappa shape index (κ1) is 26.2. The standard InChI is InChI=1S/C26H22BrN3O6/c1-3-35-22-10-6-20(7-11-22)29-26(31)19(15-28)12-18-13-24(34-2)25(14-23(18)27)36-16-17-4-8-21(9-5-17)30(32)33/h4-14H,3,16H2,1-2H3,(H,29,31)/b19-12-. The summed E-state index contributed by atoms with van der Waals surface area (Å²) < 4.78 is 17.2. The molecule has 0 aromatic heterocycles. The van der Waals surface area contributed by atoms with Gasteiger partial charge in [0.1, 0.15) is 24.0 Å². The van der Waals surface area contributed by atoms with Gasteiger partial charge < -0.3 is 19.5 Å². The number of nitro benzene ring substituents is 1. The highest BCUT2D eigenvalue weighted by atomic mass is 79.9. The van der Waals surface area contributed by atoms with Crippen molar-refractivity contribution < 1.29 is 23.9 Å². The van der Waals surface area contributed by atoms with Crippen molar-refractivity contribution in [1.82, 2.24) is 0 Å². The van der Waals surface area contributed by atoms with Gasteiger partial charge in [0.2, 0.25) is 0 Å². The first-order valence-corrected chi connectivity index (χ1v) is 11.5. The van der Waals surface area contributed by atoms with Crippen LogP contribution in [0.25, 0.3) is 6.08 Å². The molecule has 0 bridgehead atoms. The molecular formula is C26H22BrN3O6. The fourth-order valence-corrected chi connectivity index (χ4v) is 3.55. The van der Waals surface area contributed by atoms with Crippen LogP contribution in [0.1, 0.15) is 18.1 Å². The number of methoxy groups -OCH3 is 1. The van der Waals surface area contributed by atoms with Crippen molar-refractivity contribution in [2.45, 2.75) is 13.5 Å². The number of non-ortho nitro benzene ring substituents is 1. The number of halogens is 1. The predicted octanol–water partition coefficient (Wildman–Crippen LogP) is 5.89. The van der Waals surface area contributed by atoms with Gasteiger partial charge in [0, 0.05) is 22.3 Å². The molecule has 3 aromatic rings. The third kappa shape index (κ3) is 6.84. The molecule has 0 aliphatic rings. The van der Waals surface area contributed by atoms with Crippen LogP contribution >= 0.6 is 15.9 Å². The third-order valence-corrected chi connectivity index (χ3v) is 5.60. The maximum atomic E-state index is 12.7. The second-order valence-corrected chi connectivity index (χ2v) is 8.17. The minimum absolute atomic E-state index is 0.00456. The van der Waals surface area contributed by atoms with E-state index < -0.39 is 10.8 Å². The second kappa shape index (κ2) is 12.4. The molecule has 36 heavy (non-hydrogen) atoms. The SMILES string of the molecule is CCOc1ccc(NC(=O)/C(C#N)=C\c2cc(OC)c(OCc3ccc([N+](=O)[O-])cc3)cc2Br)cc1. The summed E-state index contributed by atoms with van der Waals surface area (Å²) in [5.74, 6) is 0.914. The molecule has 0 fully saturated rings. The lowest BCUT2D eigenvalue weighted by Gasteiger charge is -2.13. The van der Waals surface area contributed by atoms with Crippen LogP contribution in [0.4, 0.5) is 11.4 Å². The number of rotatable bonds is 10. The molecule has 3 rings (SSSR count). The number of anilines is 1. The van der Waals surface area contributed by atoms with Crippen molar-refractivity contribution in [3.63, 3.8) is 0 Å². The molecule has 0 radical (unpaired) electrons. The Balaban J connectivity index is 1.76. The topological polar surface area (TPSA) is 124 Å². The van der Waals surface area contributed by atoms with E-state index in [2.05, 4.69) is 21.2 Å². The summed E-state index contributed by atoms with van der Waals surface area (Å²) in [5.41, 5.74) is 1.69. The molecule has 0 saturated carbocycles. The molecule has 0 unspecified atom stereocenters. The lowest BCUT2D eigenvalue weighted by molar-refractivity contribution is -0.384. The van der Waals surface area contributed by atoms with Crippen molar-refractivity contribution >= 4 is 39.3 Å². The highest BCUT2D eigenvalue weighted by molar-refractivity contribution is 9.10. The number of benzene rings is 3. The Bertz CT molecular complexity index is 1320. The maximum Gasteiger partial charge on any atom is 0.269 e. The Morgan fingerprint density at radius 2 is 1.81 bits per heavy atom. The second-order valence-electron chi connectivity index (χ2n) is 7.32. The van der Waals surface area contributed by atoms with E-state index in [-0.39, 0.29) is 17.9 Å². The van der Waals surface area contributed by atoms with Gasteiger partial charge in [-0.05, 0) is 72.7 Å². The van der Waals surface area contributed by atoms with Gasteiger partial charge in [0.05, 0.1) is 18.6 Å². The summed E-state index contributed by atoms with van der Waals surface area (Å²) in [6.07, 6.45) is 1.44. The smallest absolute Gasteiger partial charge is 0.269 e. The highest BCUT2D eigenvalue weighted by Gasteiger charge is 2.14. The zero-order chi connectivity index (χ0) is 26.1. The number of carbonyl (C=O) groups is 1. The summed E-state index contributed by atoms with van der Waals surface area (Å²) in [6.45, 7) is 2.57. The van der Waals surface area contributed by atoms with Gasteiger partial charge in [-0.3, -0.25) is 14.9 Å². The van der Waals surface area contributed by atoms with Gasteiger partial charge in [-0.1, -0.05) is 15.9 Å². The largest absolute Gasteiger partial charge is 0.494 e. The molecule has 0 spiro atoms. The maximum absolute atomic E-state index is 12.7. The van der Waals surface area contributed by atoms with Crippen molar-refractivity contribution in [3.8, 4) is 23.3 Å². The normalized spacial score (nSPS) is 10.8. The Hall–Kier alpha value is -4.36. The van der Waals surface area contributed by atoms with Crippen LogP contribution in [-0.4, -0.2) is 24.5 Å². The first-order chi connectivity index (χ1) is 17.3. The van der Waals surface area contributed by atoms with Crippen LogP contribution in [0, 0.1) is 21.4 Å². The fourth-order valence-electron chi connectivity index (χ4n) is 3.11. The average molecular weight is 552 g/mol. The Morgan fingerprint density at radius 1 is 1.11 bits per heavy atom. The van der Waals surface area contributed by atoms with E-state index >= 15 is 0 Å². The number of nitriles is 1. The molecule has 0 aliphatic carbocycles. The van der Waals surface area contributed by atoms with E-state index in [1.54, 1.807) is 48.5 Å². The van der Waals surface area contributed by atoms with Gasteiger partial charge in [-0.2, -0.15) is 5.26 Å². The zero-order valence-electron chi connectivity index (χ0n) is 19.5. The minimum atomic E-state index is -0.564.